The summed E-state index contributed by atoms with van der Waals surface area (Å²) in [5, 5.41) is 7.04. The van der Waals surface area contributed by atoms with Crippen molar-refractivity contribution in [2.75, 3.05) is 11.4 Å². The standard InChI is InChI=1S/C29H27F2N3O2/c1-20-21(2)33-36-27(20)34-15-16-35-28(34)23-13-14-26(22-9-5-3-6-10-22)24(17-23)18-32-19-29(30,31)25-11-7-4-8-12-25/h3-17,28,32H,18-19H2,1-2H3. The molecule has 5 nitrogen and oxygen atoms in total. The molecule has 1 N–H and O–H groups in total. The molecular formula is C29H27F2N3O2. The fraction of sp³-hybridized carbons (Fsp3) is 0.207. The number of benzene rings is 3. The Bertz CT molecular complexity index is 1350. The van der Waals surface area contributed by atoms with Gasteiger partial charge >= 0.3 is 0 Å². The Morgan fingerprint density at radius 3 is 2.39 bits per heavy atom. The van der Waals surface area contributed by atoms with Gasteiger partial charge in [-0.2, -0.15) is 8.78 Å². The van der Waals surface area contributed by atoms with E-state index in [1.165, 1.54) is 12.1 Å². The summed E-state index contributed by atoms with van der Waals surface area (Å²) in [4.78, 5) is 1.88. The van der Waals surface area contributed by atoms with Gasteiger partial charge in [0.05, 0.1) is 12.2 Å². The summed E-state index contributed by atoms with van der Waals surface area (Å²) in [6.07, 6.45) is 2.97. The normalized spacial score (nSPS) is 15.3. The molecule has 1 atom stereocenters. The first-order chi connectivity index (χ1) is 17.4. The topological polar surface area (TPSA) is 50.5 Å². The van der Waals surface area contributed by atoms with Gasteiger partial charge in [-0.1, -0.05) is 78.0 Å². The lowest BCUT2D eigenvalue weighted by Crippen LogP contribution is -2.30. The van der Waals surface area contributed by atoms with E-state index in [-0.39, 0.29) is 12.1 Å². The van der Waals surface area contributed by atoms with Crippen LogP contribution in [0, 0.1) is 13.8 Å². The fourth-order valence-corrected chi connectivity index (χ4v) is 4.33. The maximum atomic E-state index is 14.8. The molecule has 0 fully saturated rings. The Hall–Kier alpha value is -3.97. The number of hydrogen-bond acceptors (Lipinski definition) is 5. The number of halogens is 2. The third-order valence-electron chi connectivity index (χ3n) is 6.41. The summed E-state index contributed by atoms with van der Waals surface area (Å²) in [6, 6.07) is 23.8. The first-order valence-corrected chi connectivity index (χ1v) is 11.8. The molecule has 1 aromatic heterocycles. The highest BCUT2D eigenvalue weighted by atomic mass is 19.3. The molecule has 0 saturated heterocycles. The van der Waals surface area contributed by atoms with Crippen molar-refractivity contribution in [1.29, 1.82) is 0 Å². The molecule has 0 bridgehead atoms. The molecule has 0 spiro atoms. The van der Waals surface area contributed by atoms with Gasteiger partial charge in [0.2, 0.25) is 12.1 Å². The van der Waals surface area contributed by atoms with E-state index in [9.17, 15) is 8.78 Å². The van der Waals surface area contributed by atoms with E-state index >= 15 is 0 Å². The van der Waals surface area contributed by atoms with Crippen LogP contribution in [-0.2, 0) is 17.2 Å². The van der Waals surface area contributed by atoms with E-state index in [0.29, 0.717) is 5.88 Å². The number of hydrogen-bond donors (Lipinski definition) is 1. The quantitative estimate of drug-likeness (QED) is 0.295. The number of nitrogens with one attached hydrogen (secondary N) is 1. The number of aromatic nitrogens is 1. The van der Waals surface area contributed by atoms with E-state index < -0.39 is 18.7 Å². The molecule has 36 heavy (non-hydrogen) atoms. The number of nitrogens with zero attached hydrogens (tertiary/aromatic N) is 2. The highest BCUT2D eigenvalue weighted by molar-refractivity contribution is 5.68. The highest BCUT2D eigenvalue weighted by Crippen LogP contribution is 2.37. The molecule has 0 saturated carbocycles. The third-order valence-corrected chi connectivity index (χ3v) is 6.41. The van der Waals surface area contributed by atoms with Gasteiger partial charge < -0.3 is 14.6 Å². The lowest BCUT2D eigenvalue weighted by atomic mass is 9.96. The van der Waals surface area contributed by atoms with Gasteiger partial charge in [-0.05, 0) is 36.6 Å². The van der Waals surface area contributed by atoms with Crippen LogP contribution >= 0.6 is 0 Å². The molecule has 4 aromatic rings. The Kier molecular flexibility index (Phi) is 6.57. The monoisotopic (exact) mass is 487 g/mol. The molecule has 2 heterocycles. The van der Waals surface area contributed by atoms with Crippen molar-refractivity contribution in [3.63, 3.8) is 0 Å². The molecule has 5 rings (SSSR count). The smallest absolute Gasteiger partial charge is 0.285 e. The first kappa shape index (κ1) is 23.8. The molecule has 0 amide bonds. The predicted octanol–water partition coefficient (Wildman–Crippen LogP) is 6.85. The van der Waals surface area contributed by atoms with Crippen molar-refractivity contribution in [2.45, 2.75) is 32.5 Å². The van der Waals surface area contributed by atoms with Crippen LogP contribution in [0.2, 0.25) is 0 Å². The van der Waals surface area contributed by atoms with Gasteiger partial charge in [0.25, 0.3) is 5.92 Å². The lowest BCUT2D eigenvalue weighted by Gasteiger charge is -2.24. The van der Waals surface area contributed by atoms with Crippen molar-refractivity contribution < 1.29 is 18.0 Å². The Labute approximate surface area is 209 Å². The summed E-state index contributed by atoms with van der Waals surface area (Å²) >= 11 is 0. The molecule has 1 aliphatic rings. The second-order valence-electron chi connectivity index (χ2n) is 8.84. The van der Waals surface area contributed by atoms with Gasteiger partial charge in [-0.25, -0.2) is 0 Å². The van der Waals surface area contributed by atoms with Crippen LogP contribution in [0.5, 0.6) is 0 Å². The van der Waals surface area contributed by atoms with Crippen LogP contribution in [0.3, 0.4) is 0 Å². The van der Waals surface area contributed by atoms with Gasteiger partial charge in [0.1, 0.15) is 6.26 Å². The largest absolute Gasteiger partial charge is 0.472 e. The zero-order valence-corrected chi connectivity index (χ0v) is 20.1. The minimum absolute atomic E-state index is 0.00618. The van der Waals surface area contributed by atoms with Crippen LogP contribution in [0.25, 0.3) is 11.1 Å². The minimum atomic E-state index is -2.98. The van der Waals surface area contributed by atoms with Crippen LogP contribution < -0.4 is 10.2 Å². The van der Waals surface area contributed by atoms with Crippen molar-refractivity contribution in [3.8, 4) is 11.1 Å². The SMILES string of the molecule is Cc1noc(N2C=COC2c2ccc(-c3ccccc3)c(CNCC(F)(F)c3ccccc3)c2)c1C. The summed E-state index contributed by atoms with van der Waals surface area (Å²) in [7, 11) is 0. The molecule has 3 aromatic carbocycles. The summed E-state index contributed by atoms with van der Waals surface area (Å²) in [6.45, 7) is 3.63. The minimum Gasteiger partial charge on any atom is -0.472 e. The zero-order chi connectivity index (χ0) is 25.1. The van der Waals surface area contributed by atoms with Gasteiger partial charge in [0, 0.05) is 29.4 Å². The lowest BCUT2D eigenvalue weighted by molar-refractivity contribution is -0.00343. The van der Waals surface area contributed by atoms with Crippen molar-refractivity contribution in [2.24, 2.45) is 0 Å². The second-order valence-corrected chi connectivity index (χ2v) is 8.84. The van der Waals surface area contributed by atoms with Crippen LogP contribution in [0.1, 0.15) is 34.2 Å². The molecule has 184 valence electrons. The Balaban J connectivity index is 1.42. The average Bonchev–Trinajstić information content (AvgIpc) is 3.51. The van der Waals surface area contributed by atoms with Crippen LogP contribution in [0.15, 0.2) is 95.8 Å². The summed E-state index contributed by atoms with van der Waals surface area (Å²) in [5.41, 5.74) is 5.49. The maximum absolute atomic E-state index is 14.8. The molecule has 0 aliphatic carbocycles. The number of aryl methyl sites for hydroxylation is 1. The Morgan fingerprint density at radius 2 is 1.69 bits per heavy atom. The first-order valence-electron chi connectivity index (χ1n) is 11.8. The average molecular weight is 488 g/mol. The molecule has 0 radical (unpaired) electrons. The van der Waals surface area contributed by atoms with Crippen molar-refractivity contribution >= 4 is 5.88 Å². The maximum Gasteiger partial charge on any atom is 0.285 e. The third kappa shape index (κ3) is 4.75. The fourth-order valence-electron chi connectivity index (χ4n) is 4.33. The van der Waals surface area contributed by atoms with Gasteiger partial charge in [-0.3, -0.25) is 4.90 Å². The number of rotatable bonds is 8. The molecule has 7 heteroatoms. The highest BCUT2D eigenvalue weighted by Gasteiger charge is 2.31. The van der Waals surface area contributed by atoms with E-state index in [4.69, 9.17) is 9.26 Å². The Morgan fingerprint density at radius 1 is 0.972 bits per heavy atom. The van der Waals surface area contributed by atoms with E-state index in [2.05, 4.69) is 10.5 Å². The van der Waals surface area contributed by atoms with Gasteiger partial charge in [0.15, 0.2) is 0 Å². The number of ether oxygens (including phenoxy) is 1. The zero-order valence-electron chi connectivity index (χ0n) is 20.1. The van der Waals surface area contributed by atoms with E-state index in [0.717, 1.165) is 33.5 Å². The van der Waals surface area contributed by atoms with Crippen molar-refractivity contribution in [1.82, 2.24) is 10.5 Å². The molecule has 1 aliphatic heterocycles. The number of anilines is 1. The van der Waals surface area contributed by atoms with Gasteiger partial charge in [-0.15, -0.1) is 0 Å². The molecule has 1 unspecified atom stereocenters. The van der Waals surface area contributed by atoms with Crippen LogP contribution in [-0.4, -0.2) is 11.7 Å². The predicted molar refractivity (Wildman–Crippen MR) is 135 cm³/mol. The van der Waals surface area contributed by atoms with E-state index in [1.807, 2.05) is 67.3 Å². The van der Waals surface area contributed by atoms with Crippen LogP contribution in [0.4, 0.5) is 14.7 Å². The van der Waals surface area contributed by atoms with E-state index in [1.54, 1.807) is 30.7 Å². The summed E-state index contributed by atoms with van der Waals surface area (Å²) in [5.74, 6) is -2.37. The molecular weight excluding hydrogens is 460 g/mol. The summed E-state index contributed by atoms with van der Waals surface area (Å²) < 4.78 is 41.0. The second kappa shape index (κ2) is 9.95. The number of alkyl halides is 2. The van der Waals surface area contributed by atoms with Crippen molar-refractivity contribution in [3.05, 3.63) is 119 Å².